The maximum absolute atomic E-state index is 10.1. The zero-order chi connectivity index (χ0) is 17.7. The van der Waals surface area contributed by atoms with Gasteiger partial charge < -0.3 is 14.4 Å². The molecule has 1 aromatic carbocycles. The number of aliphatic hydroxyl groups excluding tert-OH is 1. The zero-order valence-corrected chi connectivity index (χ0v) is 16.7. The molecule has 0 bridgehead atoms. The Balaban J connectivity index is 2.70. The van der Waals surface area contributed by atoms with Crippen LogP contribution in [0.2, 0.25) is 18.1 Å². The predicted molar refractivity (Wildman–Crippen MR) is 103 cm³/mol. The molecule has 130 valence electrons. The fourth-order valence-corrected chi connectivity index (χ4v) is 3.06. The second-order valence-corrected chi connectivity index (χ2v) is 12.5. The molecule has 4 heteroatoms. The van der Waals surface area contributed by atoms with Crippen LogP contribution in [-0.4, -0.2) is 39.2 Å². The molecule has 1 N–H and O–H groups in total. The van der Waals surface area contributed by atoms with Crippen molar-refractivity contribution >= 4 is 14.0 Å². The summed E-state index contributed by atoms with van der Waals surface area (Å²) >= 11 is 0. The van der Waals surface area contributed by atoms with Gasteiger partial charge in [0.25, 0.3) is 0 Å². The third-order valence-corrected chi connectivity index (χ3v) is 9.29. The van der Waals surface area contributed by atoms with Crippen molar-refractivity contribution in [2.24, 2.45) is 0 Å². The SMILES string of the molecule is C[C@H](O)[C@@H](/C=C/CO[Si](C)(C)C(C)(C)C)N(C)c1ccccc1. The predicted octanol–water partition coefficient (Wildman–Crippen LogP) is 4.45. The molecule has 3 nitrogen and oxygen atoms in total. The van der Waals surface area contributed by atoms with E-state index in [4.69, 9.17) is 4.43 Å². The minimum atomic E-state index is -1.72. The van der Waals surface area contributed by atoms with Crippen LogP contribution in [0.15, 0.2) is 42.5 Å². The van der Waals surface area contributed by atoms with Crippen molar-refractivity contribution in [1.82, 2.24) is 0 Å². The quantitative estimate of drug-likeness (QED) is 0.590. The largest absolute Gasteiger partial charge is 0.413 e. The van der Waals surface area contributed by atoms with Crippen LogP contribution in [0.3, 0.4) is 0 Å². The van der Waals surface area contributed by atoms with Gasteiger partial charge in [0.05, 0.1) is 18.8 Å². The third-order valence-electron chi connectivity index (χ3n) is 4.78. The van der Waals surface area contributed by atoms with E-state index < -0.39 is 14.4 Å². The number of hydrogen-bond donors (Lipinski definition) is 1. The maximum Gasteiger partial charge on any atom is 0.192 e. The van der Waals surface area contributed by atoms with Crippen molar-refractivity contribution in [3.8, 4) is 0 Å². The first-order valence-electron chi connectivity index (χ1n) is 8.33. The van der Waals surface area contributed by atoms with E-state index in [1.54, 1.807) is 0 Å². The number of para-hydroxylation sites is 1. The van der Waals surface area contributed by atoms with Crippen molar-refractivity contribution in [2.45, 2.75) is 58.0 Å². The first kappa shape index (κ1) is 19.9. The topological polar surface area (TPSA) is 32.7 Å². The van der Waals surface area contributed by atoms with Crippen molar-refractivity contribution in [2.75, 3.05) is 18.6 Å². The van der Waals surface area contributed by atoms with Crippen LogP contribution in [0, 0.1) is 0 Å². The number of hydrogen-bond acceptors (Lipinski definition) is 3. The lowest BCUT2D eigenvalue weighted by molar-refractivity contribution is 0.177. The van der Waals surface area contributed by atoms with E-state index in [0.29, 0.717) is 6.61 Å². The Kier molecular flexibility index (Phi) is 7.05. The highest BCUT2D eigenvalue weighted by molar-refractivity contribution is 6.74. The fraction of sp³-hybridized carbons (Fsp3) is 0.579. The molecule has 0 aliphatic rings. The number of benzene rings is 1. The first-order valence-corrected chi connectivity index (χ1v) is 11.2. The maximum atomic E-state index is 10.1. The van der Waals surface area contributed by atoms with Crippen LogP contribution in [-0.2, 0) is 4.43 Å². The van der Waals surface area contributed by atoms with E-state index in [9.17, 15) is 5.11 Å². The molecule has 0 radical (unpaired) electrons. The van der Waals surface area contributed by atoms with E-state index in [1.807, 2.05) is 44.3 Å². The number of aliphatic hydroxyl groups is 1. The second kappa shape index (κ2) is 8.13. The lowest BCUT2D eigenvalue weighted by Crippen LogP contribution is -2.41. The first-order chi connectivity index (χ1) is 10.6. The van der Waals surface area contributed by atoms with Gasteiger partial charge >= 0.3 is 0 Å². The van der Waals surface area contributed by atoms with Crippen molar-refractivity contribution in [3.05, 3.63) is 42.5 Å². The van der Waals surface area contributed by atoms with E-state index in [2.05, 4.69) is 50.9 Å². The summed E-state index contributed by atoms with van der Waals surface area (Å²) in [6.45, 7) is 13.7. The molecule has 0 fully saturated rings. The summed E-state index contributed by atoms with van der Waals surface area (Å²) in [6, 6.07) is 10.0. The Hall–Kier alpha value is -1.10. The van der Waals surface area contributed by atoms with Gasteiger partial charge in [0.1, 0.15) is 0 Å². The minimum Gasteiger partial charge on any atom is -0.413 e. The van der Waals surface area contributed by atoms with Crippen LogP contribution in [0.25, 0.3) is 0 Å². The summed E-state index contributed by atoms with van der Waals surface area (Å²) in [7, 11) is 0.283. The van der Waals surface area contributed by atoms with Gasteiger partial charge in [-0.15, -0.1) is 0 Å². The summed E-state index contributed by atoms with van der Waals surface area (Å²) in [5.41, 5.74) is 1.09. The molecule has 0 heterocycles. The summed E-state index contributed by atoms with van der Waals surface area (Å²) in [6.07, 6.45) is 3.63. The minimum absolute atomic E-state index is 0.0691. The van der Waals surface area contributed by atoms with Gasteiger partial charge in [-0.2, -0.15) is 0 Å². The number of anilines is 1. The van der Waals surface area contributed by atoms with Crippen molar-refractivity contribution < 1.29 is 9.53 Å². The molecule has 0 aliphatic carbocycles. The zero-order valence-electron chi connectivity index (χ0n) is 15.7. The molecule has 0 saturated carbocycles. The second-order valence-electron chi connectivity index (χ2n) is 7.68. The van der Waals surface area contributed by atoms with Crippen LogP contribution < -0.4 is 4.90 Å². The molecule has 0 spiro atoms. The normalized spacial score (nSPS) is 15.7. The lowest BCUT2D eigenvalue weighted by Gasteiger charge is -2.36. The van der Waals surface area contributed by atoms with Crippen LogP contribution in [0.5, 0.6) is 0 Å². The number of likely N-dealkylation sites (N-methyl/N-ethyl adjacent to an activating group) is 1. The highest BCUT2D eigenvalue weighted by Gasteiger charge is 2.36. The average Bonchev–Trinajstić information content (AvgIpc) is 2.46. The molecule has 0 amide bonds. The standard InChI is InChI=1S/C19H33NO2Si/c1-16(21)18(20(5)17-12-9-8-10-13-17)14-11-15-22-23(6,7)19(2,3)4/h8-14,16,18,21H,15H2,1-7H3/b14-11+/t16-,18+/m0/s1. The molecule has 0 unspecified atom stereocenters. The molecule has 2 atom stereocenters. The van der Waals surface area contributed by atoms with Gasteiger partial charge in [-0.25, -0.2) is 0 Å². The van der Waals surface area contributed by atoms with E-state index >= 15 is 0 Å². The van der Waals surface area contributed by atoms with E-state index in [0.717, 1.165) is 5.69 Å². The molecule has 23 heavy (non-hydrogen) atoms. The molecule has 1 rings (SSSR count). The van der Waals surface area contributed by atoms with E-state index in [1.165, 1.54) is 0 Å². The Morgan fingerprint density at radius 3 is 2.26 bits per heavy atom. The molecular formula is C19H33NO2Si. The van der Waals surface area contributed by atoms with Gasteiger partial charge in [0.15, 0.2) is 8.32 Å². The molecule has 0 aromatic heterocycles. The average molecular weight is 336 g/mol. The summed E-state index contributed by atoms with van der Waals surface area (Å²) in [5.74, 6) is 0. The summed E-state index contributed by atoms with van der Waals surface area (Å²) < 4.78 is 6.16. The van der Waals surface area contributed by atoms with Gasteiger partial charge in [-0.1, -0.05) is 51.1 Å². The van der Waals surface area contributed by atoms with Crippen LogP contribution >= 0.6 is 0 Å². The Labute approximate surface area is 143 Å². The highest BCUT2D eigenvalue weighted by Crippen LogP contribution is 2.36. The highest BCUT2D eigenvalue weighted by atomic mass is 28.4. The summed E-state index contributed by atoms with van der Waals surface area (Å²) in [4.78, 5) is 2.09. The monoisotopic (exact) mass is 335 g/mol. The molecule has 0 saturated heterocycles. The number of rotatable bonds is 7. The van der Waals surface area contributed by atoms with Gasteiger partial charge in [0.2, 0.25) is 0 Å². The lowest BCUT2D eigenvalue weighted by atomic mass is 10.1. The molecule has 1 aromatic rings. The van der Waals surface area contributed by atoms with Crippen molar-refractivity contribution in [1.29, 1.82) is 0 Å². The Morgan fingerprint density at radius 1 is 1.22 bits per heavy atom. The molecule has 0 aliphatic heterocycles. The van der Waals surface area contributed by atoms with Crippen LogP contribution in [0.1, 0.15) is 27.7 Å². The van der Waals surface area contributed by atoms with Gasteiger partial charge in [0, 0.05) is 12.7 Å². The van der Waals surface area contributed by atoms with Gasteiger partial charge in [-0.3, -0.25) is 0 Å². The third kappa shape index (κ3) is 5.79. The van der Waals surface area contributed by atoms with Crippen LogP contribution in [0.4, 0.5) is 5.69 Å². The Bertz CT molecular complexity index is 492. The van der Waals surface area contributed by atoms with Crippen molar-refractivity contribution in [3.63, 3.8) is 0 Å². The van der Waals surface area contributed by atoms with Gasteiger partial charge in [-0.05, 0) is 37.2 Å². The van der Waals surface area contributed by atoms with E-state index in [-0.39, 0.29) is 11.1 Å². The smallest absolute Gasteiger partial charge is 0.192 e. The number of nitrogens with zero attached hydrogens (tertiary/aromatic N) is 1. The fourth-order valence-electron chi connectivity index (χ4n) is 2.12. The molecular weight excluding hydrogens is 302 g/mol. The summed E-state index contributed by atoms with van der Waals surface area (Å²) in [5, 5.41) is 10.3. The Morgan fingerprint density at radius 2 is 1.78 bits per heavy atom.